The molecule has 0 radical (unpaired) electrons. The Morgan fingerprint density at radius 2 is 1.26 bits per heavy atom. The normalized spacial score (nSPS) is 11.1. The molecule has 23 heavy (non-hydrogen) atoms. The van der Waals surface area contributed by atoms with Crippen LogP contribution in [0.2, 0.25) is 0 Å². The van der Waals surface area contributed by atoms with E-state index in [1.165, 1.54) is 73.8 Å². The SMILES string of the molecule is C=C(C[N+](CCCC)(CCCC)CCCC)c1ccccc1.[Br-]. The molecule has 1 aromatic carbocycles. The predicted molar refractivity (Wildman–Crippen MR) is 99.9 cm³/mol. The van der Waals surface area contributed by atoms with Gasteiger partial charge in [-0.05, 0) is 24.8 Å². The summed E-state index contributed by atoms with van der Waals surface area (Å²) in [6.07, 6.45) is 7.85. The lowest BCUT2D eigenvalue weighted by Crippen LogP contribution is -3.00. The number of rotatable bonds is 12. The number of halogens is 1. The standard InChI is InChI=1S/C21H36N.BrH/c1-5-8-16-22(17-9-6-2,18-10-7-3)19-20(4)21-14-12-11-13-15-21;/h11-15H,4-10,16-19H2,1-3H3;1H/q+1;/p-1. The highest BCUT2D eigenvalue weighted by Gasteiger charge is 2.26. The fourth-order valence-electron chi connectivity index (χ4n) is 3.22. The first-order valence-electron chi connectivity index (χ1n) is 9.25. The molecule has 0 aliphatic carbocycles. The molecule has 0 heterocycles. The minimum Gasteiger partial charge on any atom is -1.00 e. The van der Waals surface area contributed by atoms with Gasteiger partial charge in [-0.2, -0.15) is 0 Å². The Kier molecular flexibility index (Phi) is 12.4. The van der Waals surface area contributed by atoms with Crippen LogP contribution in [-0.2, 0) is 0 Å². The third-order valence-electron chi connectivity index (χ3n) is 4.67. The number of unbranched alkanes of at least 4 members (excludes halogenated alkanes) is 3. The Hall–Kier alpha value is -0.600. The van der Waals surface area contributed by atoms with Gasteiger partial charge in [-0.1, -0.05) is 76.9 Å². The van der Waals surface area contributed by atoms with Crippen molar-refractivity contribution >= 4 is 5.57 Å². The fourth-order valence-corrected chi connectivity index (χ4v) is 3.22. The van der Waals surface area contributed by atoms with Crippen LogP contribution in [0.25, 0.3) is 5.57 Å². The number of quaternary nitrogens is 1. The molecule has 2 heteroatoms. The lowest BCUT2D eigenvalue weighted by atomic mass is 10.0. The molecule has 1 aromatic rings. The van der Waals surface area contributed by atoms with Crippen LogP contribution in [0.5, 0.6) is 0 Å². The molecular weight excluding hydrogens is 346 g/mol. The molecule has 0 spiro atoms. The van der Waals surface area contributed by atoms with E-state index in [0.717, 1.165) is 6.54 Å². The first-order valence-corrected chi connectivity index (χ1v) is 9.25. The summed E-state index contributed by atoms with van der Waals surface area (Å²) in [5, 5.41) is 0. The van der Waals surface area contributed by atoms with Gasteiger partial charge >= 0.3 is 0 Å². The molecule has 0 aromatic heterocycles. The van der Waals surface area contributed by atoms with Crippen LogP contribution in [0.15, 0.2) is 36.9 Å². The summed E-state index contributed by atoms with van der Waals surface area (Å²) in [5.74, 6) is 0. The highest BCUT2D eigenvalue weighted by atomic mass is 79.9. The highest BCUT2D eigenvalue weighted by molar-refractivity contribution is 5.63. The van der Waals surface area contributed by atoms with E-state index in [9.17, 15) is 0 Å². The lowest BCUT2D eigenvalue weighted by molar-refractivity contribution is -0.922. The monoisotopic (exact) mass is 381 g/mol. The second-order valence-corrected chi connectivity index (χ2v) is 6.70. The summed E-state index contributed by atoms with van der Waals surface area (Å²) in [7, 11) is 0. The first kappa shape index (κ1) is 22.4. The van der Waals surface area contributed by atoms with Crippen LogP contribution < -0.4 is 17.0 Å². The summed E-state index contributed by atoms with van der Waals surface area (Å²) in [4.78, 5) is 0. The van der Waals surface area contributed by atoms with Gasteiger partial charge in [0.15, 0.2) is 0 Å². The van der Waals surface area contributed by atoms with Gasteiger partial charge in [0.25, 0.3) is 0 Å². The average molecular weight is 382 g/mol. The van der Waals surface area contributed by atoms with E-state index >= 15 is 0 Å². The Labute approximate surface area is 155 Å². The first-order chi connectivity index (χ1) is 10.7. The van der Waals surface area contributed by atoms with Gasteiger partial charge in [0.05, 0.1) is 19.6 Å². The number of hydrogen-bond acceptors (Lipinski definition) is 0. The quantitative estimate of drug-likeness (QED) is 0.488. The van der Waals surface area contributed by atoms with Gasteiger partial charge in [0, 0.05) is 5.57 Å². The van der Waals surface area contributed by atoms with E-state index in [1.807, 2.05) is 0 Å². The Balaban J connectivity index is 0.00000484. The number of nitrogens with zero attached hydrogens (tertiary/aromatic N) is 1. The average Bonchev–Trinajstić information content (AvgIpc) is 2.56. The minimum atomic E-state index is 0. The molecule has 0 amide bonds. The van der Waals surface area contributed by atoms with Gasteiger partial charge in [0.1, 0.15) is 6.54 Å². The lowest BCUT2D eigenvalue weighted by Gasteiger charge is -2.40. The molecule has 0 bridgehead atoms. The smallest absolute Gasteiger partial charge is 0.104 e. The summed E-state index contributed by atoms with van der Waals surface area (Å²) in [5.41, 5.74) is 2.62. The van der Waals surface area contributed by atoms with E-state index in [1.54, 1.807) is 0 Å². The van der Waals surface area contributed by atoms with Crippen molar-refractivity contribution in [3.63, 3.8) is 0 Å². The van der Waals surface area contributed by atoms with Crippen LogP contribution in [0.4, 0.5) is 0 Å². The maximum absolute atomic E-state index is 4.42. The highest BCUT2D eigenvalue weighted by Crippen LogP contribution is 2.22. The van der Waals surface area contributed by atoms with Crippen LogP contribution in [0.1, 0.15) is 64.9 Å². The van der Waals surface area contributed by atoms with Crippen molar-refractivity contribution in [2.45, 2.75) is 59.3 Å². The van der Waals surface area contributed by atoms with Gasteiger partial charge in [0.2, 0.25) is 0 Å². The molecule has 0 N–H and O–H groups in total. The van der Waals surface area contributed by atoms with E-state index in [2.05, 4.69) is 57.7 Å². The van der Waals surface area contributed by atoms with Crippen molar-refractivity contribution in [2.24, 2.45) is 0 Å². The summed E-state index contributed by atoms with van der Waals surface area (Å²) >= 11 is 0. The maximum atomic E-state index is 4.42. The van der Waals surface area contributed by atoms with E-state index in [-0.39, 0.29) is 17.0 Å². The van der Waals surface area contributed by atoms with Crippen molar-refractivity contribution in [2.75, 3.05) is 26.2 Å². The fraction of sp³-hybridized carbons (Fsp3) is 0.619. The van der Waals surface area contributed by atoms with Crippen molar-refractivity contribution in [3.05, 3.63) is 42.5 Å². The van der Waals surface area contributed by atoms with Crippen LogP contribution in [0, 0.1) is 0 Å². The molecule has 0 unspecified atom stereocenters. The molecule has 0 saturated carbocycles. The minimum absolute atomic E-state index is 0. The van der Waals surface area contributed by atoms with Gasteiger partial charge < -0.3 is 21.5 Å². The molecule has 0 aliphatic heterocycles. The zero-order chi connectivity index (χ0) is 16.3. The number of benzene rings is 1. The topological polar surface area (TPSA) is 0 Å². The molecule has 0 atom stereocenters. The van der Waals surface area contributed by atoms with Crippen molar-refractivity contribution < 1.29 is 21.5 Å². The zero-order valence-corrected chi connectivity index (χ0v) is 17.1. The largest absolute Gasteiger partial charge is 1.00 e. The second-order valence-electron chi connectivity index (χ2n) is 6.70. The summed E-state index contributed by atoms with van der Waals surface area (Å²) in [6, 6.07) is 10.7. The Bertz CT molecular complexity index is 391. The van der Waals surface area contributed by atoms with E-state index < -0.39 is 0 Å². The third kappa shape index (κ3) is 8.17. The van der Waals surface area contributed by atoms with Crippen molar-refractivity contribution in [1.29, 1.82) is 0 Å². The van der Waals surface area contributed by atoms with E-state index in [4.69, 9.17) is 0 Å². The molecule has 132 valence electrons. The molecule has 0 saturated heterocycles. The summed E-state index contributed by atoms with van der Waals surface area (Å²) in [6.45, 7) is 16.4. The molecular formula is C21H36BrN. The van der Waals surface area contributed by atoms with Gasteiger partial charge in [-0.15, -0.1) is 0 Å². The summed E-state index contributed by atoms with van der Waals surface area (Å²) < 4.78 is 1.24. The van der Waals surface area contributed by atoms with Crippen LogP contribution in [0.3, 0.4) is 0 Å². The molecule has 0 fully saturated rings. The van der Waals surface area contributed by atoms with Crippen molar-refractivity contribution in [3.8, 4) is 0 Å². The second kappa shape index (κ2) is 12.8. The van der Waals surface area contributed by atoms with Gasteiger partial charge in [-0.25, -0.2) is 0 Å². The predicted octanol–water partition coefficient (Wildman–Crippen LogP) is 2.92. The number of hydrogen-bond donors (Lipinski definition) is 0. The van der Waals surface area contributed by atoms with Crippen molar-refractivity contribution in [1.82, 2.24) is 0 Å². The van der Waals surface area contributed by atoms with Crippen LogP contribution in [-0.4, -0.2) is 30.7 Å². The Morgan fingerprint density at radius 1 is 0.826 bits per heavy atom. The van der Waals surface area contributed by atoms with Crippen LogP contribution >= 0.6 is 0 Å². The Morgan fingerprint density at radius 3 is 1.65 bits per heavy atom. The maximum Gasteiger partial charge on any atom is 0.104 e. The molecule has 1 nitrogen and oxygen atoms in total. The van der Waals surface area contributed by atoms with Gasteiger partial charge in [-0.3, -0.25) is 0 Å². The molecule has 0 aliphatic rings. The zero-order valence-electron chi connectivity index (χ0n) is 15.5. The third-order valence-corrected chi connectivity index (χ3v) is 4.67. The molecule has 1 rings (SSSR count). The van der Waals surface area contributed by atoms with E-state index in [0.29, 0.717) is 0 Å².